The Morgan fingerprint density at radius 2 is 1.76 bits per heavy atom. The maximum Gasteiger partial charge on any atom is 0.257 e. The van der Waals surface area contributed by atoms with E-state index in [9.17, 15) is 4.79 Å². The van der Waals surface area contributed by atoms with Gasteiger partial charge < -0.3 is 14.8 Å². The fourth-order valence-electron chi connectivity index (χ4n) is 2.25. The van der Waals surface area contributed by atoms with Crippen LogP contribution in [0, 0.1) is 0 Å². The summed E-state index contributed by atoms with van der Waals surface area (Å²) in [4.78, 5) is 12.5. The van der Waals surface area contributed by atoms with E-state index in [0.29, 0.717) is 32.8 Å². The van der Waals surface area contributed by atoms with Gasteiger partial charge >= 0.3 is 0 Å². The van der Waals surface area contributed by atoms with Crippen LogP contribution in [0.3, 0.4) is 0 Å². The molecule has 0 spiro atoms. The average Bonchev–Trinajstić information content (AvgIpc) is 3.08. The largest absolute Gasteiger partial charge is 0.459 e. The van der Waals surface area contributed by atoms with Gasteiger partial charge in [-0.15, -0.1) is 0 Å². The lowest BCUT2D eigenvalue weighted by Gasteiger charge is -2.10. The molecule has 0 aliphatic heterocycles. The second-order valence-corrected chi connectivity index (χ2v) is 6.45. The zero-order chi connectivity index (χ0) is 18.0. The van der Waals surface area contributed by atoms with E-state index in [-0.39, 0.29) is 17.2 Å². The minimum absolute atomic E-state index is 0.190. The van der Waals surface area contributed by atoms with Gasteiger partial charge in [0, 0.05) is 10.6 Å². The lowest BCUT2D eigenvalue weighted by molar-refractivity contribution is 0.102. The van der Waals surface area contributed by atoms with Crippen LogP contribution < -0.4 is 5.32 Å². The number of hydrogen-bond donors (Lipinski definition) is 2. The molecule has 7 heteroatoms. The molecule has 0 fully saturated rings. The molecule has 1 heterocycles. The van der Waals surface area contributed by atoms with E-state index >= 15 is 0 Å². The van der Waals surface area contributed by atoms with Crippen molar-refractivity contribution in [3.05, 3.63) is 74.9 Å². The molecule has 3 rings (SSSR count). The molecule has 2 N–H and O–H groups in total. The fraction of sp³-hybridized carbons (Fsp3) is 0.0556. The molecule has 4 nitrogen and oxygen atoms in total. The quantitative estimate of drug-likeness (QED) is 0.599. The number of anilines is 1. The lowest BCUT2D eigenvalue weighted by Crippen LogP contribution is -2.13. The number of aliphatic hydroxyl groups is 1. The van der Waals surface area contributed by atoms with Gasteiger partial charge in [0.15, 0.2) is 0 Å². The van der Waals surface area contributed by atoms with E-state index in [4.69, 9.17) is 44.3 Å². The van der Waals surface area contributed by atoms with Crippen molar-refractivity contribution in [2.24, 2.45) is 0 Å². The Kier molecular flexibility index (Phi) is 5.35. The molecule has 0 saturated heterocycles. The third-order valence-corrected chi connectivity index (χ3v) is 4.38. The summed E-state index contributed by atoms with van der Waals surface area (Å²) in [5, 5.41) is 12.9. The Balaban J connectivity index is 1.90. The Hall–Kier alpha value is -1.98. The monoisotopic (exact) mass is 395 g/mol. The first-order valence-corrected chi connectivity index (χ1v) is 8.37. The van der Waals surface area contributed by atoms with Crippen LogP contribution in [0.2, 0.25) is 15.1 Å². The molecule has 2 aromatic carbocycles. The number of rotatable bonds is 4. The molecule has 0 saturated carbocycles. The highest BCUT2D eigenvalue weighted by Crippen LogP contribution is 2.31. The summed E-state index contributed by atoms with van der Waals surface area (Å²) in [6, 6.07) is 13.1. The fourth-order valence-corrected chi connectivity index (χ4v) is 2.79. The van der Waals surface area contributed by atoms with Crippen molar-refractivity contribution in [1.29, 1.82) is 0 Å². The van der Waals surface area contributed by atoms with Crippen LogP contribution in [-0.2, 0) is 6.61 Å². The summed E-state index contributed by atoms with van der Waals surface area (Å²) in [5.74, 6) is 0.570. The SMILES string of the molecule is O=C(Nc1cc(-c2ccc(CO)o2)ccc1Cl)c1cc(Cl)ccc1Cl. The normalized spacial score (nSPS) is 10.7. The molecular weight excluding hydrogens is 385 g/mol. The first kappa shape index (κ1) is 17.8. The van der Waals surface area contributed by atoms with Crippen molar-refractivity contribution in [2.45, 2.75) is 6.61 Å². The molecule has 128 valence electrons. The zero-order valence-electron chi connectivity index (χ0n) is 12.7. The highest BCUT2D eigenvalue weighted by atomic mass is 35.5. The number of aliphatic hydroxyl groups excluding tert-OH is 1. The molecule has 25 heavy (non-hydrogen) atoms. The van der Waals surface area contributed by atoms with Gasteiger partial charge in [-0.25, -0.2) is 0 Å². The molecule has 1 amide bonds. The summed E-state index contributed by atoms with van der Waals surface area (Å²) in [6.07, 6.45) is 0. The number of furan rings is 1. The smallest absolute Gasteiger partial charge is 0.257 e. The molecule has 0 aliphatic rings. The number of carbonyl (C=O) groups excluding carboxylic acids is 1. The number of nitrogens with one attached hydrogen (secondary N) is 1. The van der Waals surface area contributed by atoms with Crippen molar-refractivity contribution in [2.75, 3.05) is 5.32 Å². The molecule has 0 unspecified atom stereocenters. The van der Waals surface area contributed by atoms with E-state index in [1.807, 2.05) is 0 Å². The van der Waals surface area contributed by atoms with Crippen LogP contribution in [0.5, 0.6) is 0 Å². The summed E-state index contributed by atoms with van der Waals surface area (Å²) < 4.78 is 5.49. The van der Waals surface area contributed by atoms with Crippen LogP contribution in [0.4, 0.5) is 5.69 Å². The summed E-state index contributed by atoms with van der Waals surface area (Å²) in [6.45, 7) is -0.190. The molecular formula is C18H12Cl3NO3. The predicted octanol–water partition coefficient (Wildman–Crippen LogP) is 5.65. The van der Waals surface area contributed by atoms with Crippen molar-refractivity contribution in [3.8, 4) is 11.3 Å². The van der Waals surface area contributed by atoms with E-state index in [1.54, 1.807) is 42.5 Å². The van der Waals surface area contributed by atoms with Gasteiger partial charge in [0.1, 0.15) is 18.1 Å². The second kappa shape index (κ2) is 7.50. The minimum atomic E-state index is -0.429. The molecule has 3 aromatic rings. The molecule has 0 radical (unpaired) electrons. The Bertz CT molecular complexity index is 937. The highest BCUT2D eigenvalue weighted by Gasteiger charge is 2.14. The molecule has 0 aliphatic carbocycles. The van der Waals surface area contributed by atoms with Crippen molar-refractivity contribution < 1.29 is 14.3 Å². The van der Waals surface area contributed by atoms with Crippen molar-refractivity contribution >= 4 is 46.4 Å². The summed E-state index contributed by atoms with van der Waals surface area (Å²) in [5.41, 5.74) is 1.36. The summed E-state index contributed by atoms with van der Waals surface area (Å²) >= 11 is 18.1. The van der Waals surface area contributed by atoms with Crippen LogP contribution in [0.1, 0.15) is 16.1 Å². The van der Waals surface area contributed by atoms with Gasteiger partial charge in [-0.2, -0.15) is 0 Å². The maximum atomic E-state index is 12.5. The van der Waals surface area contributed by atoms with Gasteiger partial charge in [0.25, 0.3) is 5.91 Å². The first-order valence-electron chi connectivity index (χ1n) is 7.24. The number of benzene rings is 2. The molecule has 0 bridgehead atoms. The Morgan fingerprint density at radius 1 is 1.00 bits per heavy atom. The number of carbonyl (C=O) groups is 1. The average molecular weight is 397 g/mol. The second-order valence-electron chi connectivity index (χ2n) is 5.20. The van der Waals surface area contributed by atoms with E-state index in [1.165, 1.54) is 6.07 Å². The van der Waals surface area contributed by atoms with E-state index in [0.717, 1.165) is 0 Å². The van der Waals surface area contributed by atoms with Crippen LogP contribution >= 0.6 is 34.8 Å². The van der Waals surface area contributed by atoms with Crippen LogP contribution in [-0.4, -0.2) is 11.0 Å². The molecule has 0 atom stereocenters. The number of amides is 1. The number of halogens is 3. The zero-order valence-corrected chi connectivity index (χ0v) is 15.0. The Labute approximate surface area is 158 Å². The van der Waals surface area contributed by atoms with E-state index in [2.05, 4.69) is 5.32 Å². The van der Waals surface area contributed by atoms with Gasteiger partial charge in [0.2, 0.25) is 0 Å². The lowest BCUT2D eigenvalue weighted by atomic mass is 10.1. The third kappa shape index (κ3) is 3.99. The van der Waals surface area contributed by atoms with Gasteiger partial charge in [0.05, 0.1) is 21.3 Å². The predicted molar refractivity (Wildman–Crippen MR) is 99.5 cm³/mol. The number of hydrogen-bond acceptors (Lipinski definition) is 3. The van der Waals surface area contributed by atoms with Gasteiger partial charge in [-0.1, -0.05) is 34.8 Å². The third-order valence-electron chi connectivity index (χ3n) is 3.49. The topological polar surface area (TPSA) is 62.5 Å². The molecule has 1 aromatic heterocycles. The van der Waals surface area contributed by atoms with Gasteiger partial charge in [-0.3, -0.25) is 4.79 Å². The summed E-state index contributed by atoms with van der Waals surface area (Å²) in [7, 11) is 0. The first-order chi connectivity index (χ1) is 12.0. The van der Waals surface area contributed by atoms with Crippen molar-refractivity contribution in [1.82, 2.24) is 0 Å². The van der Waals surface area contributed by atoms with Crippen molar-refractivity contribution in [3.63, 3.8) is 0 Å². The highest BCUT2D eigenvalue weighted by molar-refractivity contribution is 6.37. The van der Waals surface area contributed by atoms with Crippen LogP contribution in [0.25, 0.3) is 11.3 Å². The maximum absolute atomic E-state index is 12.5. The minimum Gasteiger partial charge on any atom is -0.459 e. The van der Waals surface area contributed by atoms with Gasteiger partial charge in [-0.05, 0) is 48.5 Å². The van der Waals surface area contributed by atoms with Crippen LogP contribution in [0.15, 0.2) is 52.9 Å². The standard InChI is InChI=1S/C18H12Cl3NO3/c19-11-2-5-14(20)13(8-11)18(24)22-16-7-10(1-4-15(16)21)17-6-3-12(9-23)25-17/h1-8,23H,9H2,(H,22,24). The Morgan fingerprint density at radius 3 is 2.48 bits per heavy atom. The van der Waals surface area contributed by atoms with E-state index < -0.39 is 5.91 Å².